The molecule has 3 aromatic rings. The normalized spacial score (nSPS) is 16.5. The van der Waals surface area contributed by atoms with Crippen LogP contribution in [0.2, 0.25) is 0 Å². The van der Waals surface area contributed by atoms with Gasteiger partial charge in [-0.1, -0.05) is 66.7 Å². The van der Waals surface area contributed by atoms with Crippen molar-refractivity contribution in [1.29, 1.82) is 0 Å². The van der Waals surface area contributed by atoms with Crippen LogP contribution in [0.5, 0.6) is 0 Å². The van der Waals surface area contributed by atoms with Gasteiger partial charge in [-0.25, -0.2) is 4.39 Å². The molecule has 1 aliphatic rings. The fourth-order valence-electron chi connectivity index (χ4n) is 4.08. The highest BCUT2D eigenvalue weighted by Crippen LogP contribution is 2.26. The minimum atomic E-state index is -0.353. The number of carbonyl (C=O) groups is 2. The number of rotatable bonds is 5. The highest BCUT2D eigenvalue weighted by Gasteiger charge is 2.28. The van der Waals surface area contributed by atoms with Crippen molar-refractivity contribution in [2.75, 3.05) is 19.6 Å². The van der Waals surface area contributed by atoms with Crippen LogP contribution in [0.3, 0.4) is 0 Å². The molecule has 0 aliphatic carbocycles. The third-order valence-corrected chi connectivity index (χ3v) is 5.66. The monoisotopic (exact) mass is 416 g/mol. The Morgan fingerprint density at radius 1 is 1.00 bits per heavy atom. The Hall–Kier alpha value is -3.47. The van der Waals surface area contributed by atoms with Gasteiger partial charge in [0.1, 0.15) is 5.82 Å². The minimum absolute atomic E-state index is 0.0380. The number of nitrogens with one attached hydrogen (secondary N) is 1. The molecule has 4 nitrogen and oxygen atoms in total. The summed E-state index contributed by atoms with van der Waals surface area (Å²) in [4.78, 5) is 27.3. The second-order valence-electron chi connectivity index (χ2n) is 7.86. The van der Waals surface area contributed by atoms with Gasteiger partial charge in [0.05, 0.1) is 12.3 Å². The maximum absolute atomic E-state index is 13.5. The van der Waals surface area contributed by atoms with Crippen LogP contribution in [-0.2, 0) is 22.4 Å². The summed E-state index contributed by atoms with van der Waals surface area (Å²) in [5.41, 5.74) is 3.91. The van der Waals surface area contributed by atoms with Crippen molar-refractivity contribution in [2.24, 2.45) is 5.92 Å². The lowest BCUT2D eigenvalue weighted by Crippen LogP contribution is -2.38. The van der Waals surface area contributed by atoms with E-state index in [1.165, 1.54) is 12.1 Å². The number of hydrogen-bond donors (Lipinski definition) is 1. The lowest BCUT2D eigenvalue weighted by atomic mass is 9.91. The fraction of sp³-hybridized carbons (Fsp3) is 0.231. The van der Waals surface area contributed by atoms with Gasteiger partial charge in [0.15, 0.2) is 0 Å². The second kappa shape index (κ2) is 9.56. The molecule has 31 heavy (non-hydrogen) atoms. The molecule has 5 heteroatoms. The zero-order chi connectivity index (χ0) is 21.6. The molecule has 158 valence electrons. The topological polar surface area (TPSA) is 49.4 Å². The van der Waals surface area contributed by atoms with Gasteiger partial charge in [-0.2, -0.15) is 0 Å². The molecule has 1 fully saturated rings. The Morgan fingerprint density at radius 3 is 2.58 bits per heavy atom. The van der Waals surface area contributed by atoms with Crippen LogP contribution >= 0.6 is 0 Å². The summed E-state index contributed by atoms with van der Waals surface area (Å²) < 4.78 is 13.5. The third kappa shape index (κ3) is 5.18. The number of amides is 2. The average Bonchev–Trinajstić information content (AvgIpc) is 2.96. The molecule has 1 heterocycles. The Balaban J connectivity index is 1.52. The molecule has 1 N–H and O–H groups in total. The van der Waals surface area contributed by atoms with E-state index in [1.54, 1.807) is 17.0 Å². The van der Waals surface area contributed by atoms with Gasteiger partial charge in [0, 0.05) is 19.6 Å². The van der Waals surface area contributed by atoms with E-state index in [9.17, 15) is 14.0 Å². The standard InChI is InChI=1S/C26H25FN2O2/c27-23-11-6-7-19(15-23)16-25(30)29-14-13-28-26(31)22(18-29)17-21-10-4-5-12-24(21)20-8-2-1-3-9-20/h1-12,15,22H,13-14,16-18H2,(H,28,31)/t22-/m0/s1. The zero-order valence-corrected chi connectivity index (χ0v) is 17.3. The highest BCUT2D eigenvalue weighted by atomic mass is 19.1. The largest absolute Gasteiger partial charge is 0.354 e. The molecule has 0 spiro atoms. The van der Waals surface area contributed by atoms with E-state index in [2.05, 4.69) is 23.5 Å². The molecule has 0 unspecified atom stereocenters. The molecule has 0 bridgehead atoms. The van der Waals surface area contributed by atoms with Crippen LogP contribution in [0.1, 0.15) is 11.1 Å². The smallest absolute Gasteiger partial charge is 0.227 e. The van der Waals surface area contributed by atoms with Gasteiger partial charge in [0.25, 0.3) is 0 Å². The SMILES string of the molecule is O=C1NCCN(C(=O)Cc2cccc(F)c2)C[C@@H]1Cc1ccccc1-c1ccccc1. The lowest BCUT2D eigenvalue weighted by molar-refractivity contribution is -0.131. The minimum Gasteiger partial charge on any atom is -0.354 e. The molecule has 4 rings (SSSR count). The number of halogens is 1. The van der Waals surface area contributed by atoms with Crippen molar-refractivity contribution in [1.82, 2.24) is 10.2 Å². The number of benzene rings is 3. The van der Waals surface area contributed by atoms with Crippen molar-refractivity contribution < 1.29 is 14.0 Å². The first kappa shape index (κ1) is 20.8. The van der Waals surface area contributed by atoms with Gasteiger partial charge in [-0.15, -0.1) is 0 Å². The highest BCUT2D eigenvalue weighted by molar-refractivity contribution is 5.83. The quantitative estimate of drug-likeness (QED) is 0.687. The first-order chi connectivity index (χ1) is 15.1. The second-order valence-corrected chi connectivity index (χ2v) is 7.86. The predicted octanol–water partition coefficient (Wildman–Crippen LogP) is 3.85. The number of nitrogens with zero attached hydrogens (tertiary/aromatic N) is 1. The third-order valence-electron chi connectivity index (χ3n) is 5.66. The van der Waals surface area contributed by atoms with Crippen LogP contribution < -0.4 is 5.32 Å². The van der Waals surface area contributed by atoms with Crippen LogP contribution in [-0.4, -0.2) is 36.3 Å². The molecular formula is C26H25FN2O2. The first-order valence-electron chi connectivity index (χ1n) is 10.5. The molecule has 0 radical (unpaired) electrons. The van der Waals surface area contributed by atoms with E-state index in [0.717, 1.165) is 16.7 Å². The molecule has 1 saturated heterocycles. The summed E-state index contributed by atoms with van der Waals surface area (Å²) in [5.74, 6) is -0.829. The summed E-state index contributed by atoms with van der Waals surface area (Å²) in [5, 5.41) is 2.94. The van der Waals surface area contributed by atoms with Crippen molar-refractivity contribution in [3.63, 3.8) is 0 Å². The fourth-order valence-corrected chi connectivity index (χ4v) is 4.08. The molecule has 2 amide bonds. The van der Waals surface area contributed by atoms with Crippen molar-refractivity contribution in [2.45, 2.75) is 12.8 Å². The van der Waals surface area contributed by atoms with Crippen molar-refractivity contribution in [3.8, 4) is 11.1 Å². The van der Waals surface area contributed by atoms with Crippen LogP contribution in [0.25, 0.3) is 11.1 Å². The van der Waals surface area contributed by atoms with Crippen molar-refractivity contribution in [3.05, 3.63) is 95.8 Å². The van der Waals surface area contributed by atoms with Gasteiger partial charge in [0.2, 0.25) is 11.8 Å². The zero-order valence-electron chi connectivity index (χ0n) is 17.3. The Kier molecular flexibility index (Phi) is 6.41. The summed E-state index contributed by atoms with van der Waals surface area (Å²) in [6.07, 6.45) is 0.667. The van der Waals surface area contributed by atoms with E-state index in [4.69, 9.17) is 0 Å². The van der Waals surface area contributed by atoms with Gasteiger partial charge >= 0.3 is 0 Å². The summed E-state index contributed by atoms with van der Waals surface area (Å²) in [7, 11) is 0. The van der Waals surface area contributed by atoms with Crippen LogP contribution in [0.15, 0.2) is 78.9 Å². The molecule has 0 saturated carbocycles. The molecule has 0 aromatic heterocycles. The summed E-state index contributed by atoms with van der Waals surface area (Å²) in [6, 6.07) is 24.3. The van der Waals surface area contributed by atoms with Crippen molar-refractivity contribution >= 4 is 11.8 Å². The van der Waals surface area contributed by atoms with Gasteiger partial charge in [-0.05, 0) is 40.8 Å². The maximum atomic E-state index is 13.5. The molecule has 1 aliphatic heterocycles. The summed E-state index contributed by atoms with van der Waals surface area (Å²) >= 11 is 0. The van der Waals surface area contributed by atoms with E-state index < -0.39 is 0 Å². The van der Waals surface area contributed by atoms with Gasteiger partial charge in [-0.3, -0.25) is 9.59 Å². The molecule has 1 atom stereocenters. The Labute approximate surface area is 181 Å². The number of carbonyl (C=O) groups excluding carboxylic acids is 2. The number of hydrogen-bond acceptors (Lipinski definition) is 2. The molecule has 3 aromatic carbocycles. The van der Waals surface area contributed by atoms with Crippen LogP contribution in [0.4, 0.5) is 4.39 Å². The van der Waals surface area contributed by atoms with E-state index in [1.807, 2.05) is 36.4 Å². The summed E-state index contributed by atoms with van der Waals surface area (Å²) in [6.45, 7) is 1.23. The van der Waals surface area contributed by atoms with Gasteiger partial charge < -0.3 is 10.2 Å². The maximum Gasteiger partial charge on any atom is 0.227 e. The van der Waals surface area contributed by atoms with E-state index in [-0.39, 0.29) is 30.0 Å². The Morgan fingerprint density at radius 2 is 1.77 bits per heavy atom. The van der Waals surface area contributed by atoms with E-state index >= 15 is 0 Å². The molecular weight excluding hydrogens is 391 g/mol. The van der Waals surface area contributed by atoms with Crippen LogP contribution in [0, 0.1) is 11.7 Å². The Bertz CT molecular complexity index is 1070. The average molecular weight is 416 g/mol. The first-order valence-corrected chi connectivity index (χ1v) is 10.5. The predicted molar refractivity (Wildman–Crippen MR) is 119 cm³/mol. The lowest BCUT2D eigenvalue weighted by Gasteiger charge is -2.24. The van der Waals surface area contributed by atoms with E-state index in [0.29, 0.717) is 31.6 Å².